The van der Waals surface area contributed by atoms with Crippen molar-refractivity contribution in [2.75, 3.05) is 11.5 Å². The zero-order valence-electron chi connectivity index (χ0n) is 11.5. The van der Waals surface area contributed by atoms with Crippen LogP contribution in [0.25, 0.3) is 0 Å². The van der Waals surface area contributed by atoms with E-state index in [1.54, 1.807) is 11.8 Å². The normalized spacial score (nSPS) is 14.8. The van der Waals surface area contributed by atoms with Crippen LogP contribution in [0.5, 0.6) is 0 Å². The Hall–Kier alpha value is 0.270. The quantitative estimate of drug-likeness (QED) is 0.528. The van der Waals surface area contributed by atoms with Crippen molar-refractivity contribution in [3.8, 4) is 0 Å². The first-order valence-corrected chi connectivity index (χ1v) is 8.30. The maximum absolute atomic E-state index is 9.70. The third kappa shape index (κ3) is 12.5. The Morgan fingerprint density at radius 1 is 0.765 bits per heavy atom. The molecule has 2 N–H and O–H groups in total. The van der Waals surface area contributed by atoms with Crippen LogP contribution in [-0.2, 0) is 0 Å². The Bertz CT molecular complexity index is 137. The van der Waals surface area contributed by atoms with E-state index in [1.807, 2.05) is 0 Å². The van der Waals surface area contributed by atoms with Gasteiger partial charge in [0.2, 0.25) is 0 Å². The summed E-state index contributed by atoms with van der Waals surface area (Å²) >= 11 is 1.69. The minimum absolute atomic E-state index is 0.186. The van der Waals surface area contributed by atoms with Crippen molar-refractivity contribution < 1.29 is 10.2 Å². The summed E-state index contributed by atoms with van der Waals surface area (Å²) in [5, 5.41) is 19.4. The Kier molecular flexibility index (Phi) is 12.9. The highest BCUT2D eigenvalue weighted by molar-refractivity contribution is 7.99. The summed E-state index contributed by atoms with van der Waals surface area (Å²) in [5.41, 5.74) is 0. The molecule has 0 saturated carbocycles. The number of rotatable bonds is 12. The van der Waals surface area contributed by atoms with Gasteiger partial charge in [-0.2, -0.15) is 11.8 Å². The number of aliphatic hydroxyl groups excluding tert-OH is 2. The molecule has 0 aliphatic carbocycles. The lowest BCUT2D eigenvalue weighted by Gasteiger charge is -2.12. The number of aliphatic hydroxyl groups is 2. The van der Waals surface area contributed by atoms with E-state index in [9.17, 15) is 10.2 Å². The lowest BCUT2D eigenvalue weighted by Crippen LogP contribution is -2.14. The molecule has 2 nitrogen and oxygen atoms in total. The molecule has 0 aromatic carbocycles. The monoisotopic (exact) mass is 262 g/mol. The van der Waals surface area contributed by atoms with E-state index in [2.05, 4.69) is 13.8 Å². The van der Waals surface area contributed by atoms with Gasteiger partial charge in [-0.1, -0.05) is 52.4 Å². The van der Waals surface area contributed by atoms with Crippen molar-refractivity contribution in [3.63, 3.8) is 0 Å². The first-order valence-electron chi connectivity index (χ1n) is 7.14. The van der Waals surface area contributed by atoms with Crippen LogP contribution in [0.1, 0.15) is 65.2 Å². The highest BCUT2D eigenvalue weighted by Crippen LogP contribution is 2.13. The summed E-state index contributed by atoms with van der Waals surface area (Å²) in [6.45, 7) is 4.35. The molecule has 0 rings (SSSR count). The van der Waals surface area contributed by atoms with E-state index in [4.69, 9.17) is 0 Å². The minimum atomic E-state index is -0.186. The summed E-state index contributed by atoms with van der Waals surface area (Å²) in [6.07, 6.45) is 8.52. The fraction of sp³-hybridized carbons (Fsp3) is 1.00. The minimum Gasteiger partial charge on any atom is -0.392 e. The summed E-state index contributed by atoms with van der Waals surface area (Å²) in [4.78, 5) is 0. The Morgan fingerprint density at radius 2 is 1.18 bits per heavy atom. The predicted molar refractivity (Wildman–Crippen MR) is 77.6 cm³/mol. The molecule has 0 spiro atoms. The van der Waals surface area contributed by atoms with Crippen molar-refractivity contribution in [2.24, 2.45) is 0 Å². The Labute approximate surface area is 111 Å². The van der Waals surface area contributed by atoms with Crippen molar-refractivity contribution in [1.82, 2.24) is 0 Å². The molecule has 0 aromatic rings. The van der Waals surface area contributed by atoms with Crippen molar-refractivity contribution in [1.29, 1.82) is 0 Å². The van der Waals surface area contributed by atoms with Gasteiger partial charge in [-0.15, -0.1) is 0 Å². The molecule has 0 heterocycles. The van der Waals surface area contributed by atoms with Gasteiger partial charge in [0, 0.05) is 11.5 Å². The molecule has 0 amide bonds. The first kappa shape index (κ1) is 17.3. The van der Waals surface area contributed by atoms with Crippen LogP contribution in [0.2, 0.25) is 0 Å². The molecule has 0 aromatic heterocycles. The zero-order valence-corrected chi connectivity index (χ0v) is 12.3. The molecule has 0 aliphatic rings. The van der Waals surface area contributed by atoms with E-state index < -0.39 is 0 Å². The topological polar surface area (TPSA) is 40.5 Å². The first-order chi connectivity index (χ1) is 8.20. The molecule has 0 saturated heterocycles. The Morgan fingerprint density at radius 3 is 1.53 bits per heavy atom. The van der Waals surface area contributed by atoms with E-state index in [0.717, 1.165) is 37.2 Å². The molecule has 3 heteroatoms. The average Bonchev–Trinajstić information content (AvgIpc) is 2.30. The van der Waals surface area contributed by atoms with Crippen molar-refractivity contribution in [2.45, 2.75) is 77.4 Å². The highest BCUT2D eigenvalue weighted by Gasteiger charge is 2.07. The molecule has 2 unspecified atom stereocenters. The van der Waals surface area contributed by atoms with Crippen LogP contribution in [0.3, 0.4) is 0 Å². The maximum Gasteiger partial charge on any atom is 0.0630 e. The molecule has 2 atom stereocenters. The molecular weight excluding hydrogens is 232 g/mol. The standard InChI is InChI=1S/C14H30O2S/c1-3-5-7-9-13(15)11-17-12-14(16)10-8-6-4-2/h13-16H,3-12H2,1-2H3. The molecule has 0 bridgehead atoms. The highest BCUT2D eigenvalue weighted by atomic mass is 32.2. The van der Waals surface area contributed by atoms with Gasteiger partial charge in [0.25, 0.3) is 0 Å². The Balaban J connectivity index is 3.29. The second-order valence-electron chi connectivity index (χ2n) is 4.84. The molecule has 17 heavy (non-hydrogen) atoms. The average molecular weight is 262 g/mol. The van der Waals surface area contributed by atoms with Crippen LogP contribution in [0.4, 0.5) is 0 Å². The number of unbranched alkanes of at least 4 members (excludes halogenated alkanes) is 4. The molecule has 0 fully saturated rings. The third-order valence-corrected chi connectivity index (χ3v) is 4.14. The summed E-state index contributed by atoms with van der Waals surface area (Å²) < 4.78 is 0. The predicted octanol–water partition coefficient (Wildman–Crippen LogP) is 3.60. The number of hydrogen-bond acceptors (Lipinski definition) is 3. The van der Waals surface area contributed by atoms with Gasteiger partial charge < -0.3 is 10.2 Å². The third-order valence-electron chi connectivity index (χ3n) is 2.90. The zero-order chi connectivity index (χ0) is 12.9. The van der Waals surface area contributed by atoms with E-state index >= 15 is 0 Å². The molecule has 0 aliphatic heterocycles. The van der Waals surface area contributed by atoms with Gasteiger partial charge in [-0.05, 0) is 12.8 Å². The molecule has 0 radical (unpaired) electrons. The van der Waals surface area contributed by atoms with E-state index in [-0.39, 0.29) is 12.2 Å². The number of hydrogen-bond donors (Lipinski definition) is 2. The van der Waals surface area contributed by atoms with Gasteiger partial charge in [0.15, 0.2) is 0 Å². The fourth-order valence-corrected chi connectivity index (χ4v) is 2.78. The van der Waals surface area contributed by atoms with Gasteiger partial charge >= 0.3 is 0 Å². The largest absolute Gasteiger partial charge is 0.392 e. The maximum atomic E-state index is 9.70. The van der Waals surface area contributed by atoms with Crippen molar-refractivity contribution in [3.05, 3.63) is 0 Å². The van der Waals surface area contributed by atoms with E-state index in [1.165, 1.54) is 25.7 Å². The van der Waals surface area contributed by atoms with Crippen LogP contribution in [-0.4, -0.2) is 33.9 Å². The van der Waals surface area contributed by atoms with Gasteiger partial charge in [-0.3, -0.25) is 0 Å². The summed E-state index contributed by atoms with van der Waals surface area (Å²) in [6, 6.07) is 0. The molecular formula is C14H30O2S. The second kappa shape index (κ2) is 12.7. The lowest BCUT2D eigenvalue weighted by molar-refractivity contribution is 0.180. The second-order valence-corrected chi connectivity index (χ2v) is 5.91. The van der Waals surface area contributed by atoms with E-state index in [0.29, 0.717) is 0 Å². The lowest BCUT2D eigenvalue weighted by atomic mass is 10.1. The fourth-order valence-electron chi connectivity index (χ4n) is 1.77. The smallest absolute Gasteiger partial charge is 0.0630 e. The van der Waals surface area contributed by atoms with Gasteiger partial charge in [0.05, 0.1) is 12.2 Å². The SMILES string of the molecule is CCCCCC(O)CSCC(O)CCCCC. The molecule has 104 valence electrons. The van der Waals surface area contributed by atoms with Crippen molar-refractivity contribution >= 4 is 11.8 Å². The van der Waals surface area contributed by atoms with Crippen LogP contribution in [0, 0.1) is 0 Å². The van der Waals surface area contributed by atoms with Crippen LogP contribution in [0.15, 0.2) is 0 Å². The number of thioether (sulfide) groups is 1. The summed E-state index contributed by atoms with van der Waals surface area (Å²) in [7, 11) is 0. The van der Waals surface area contributed by atoms with Gasteiger partial charge in [-0.25, -0.2) is 0 Å². The van der Waals surface area contributed by atoms with Crippen LogP contribution < -0.4 is 0 Å². The summed E-state index contributed by atoms with van der Waals surface area (Å²) in [5.74, 6) is 1.54. The van der Waals surface area contributed by atoms with Gasteiger partial charge in [0.1, 0.15) is 0 Å². The van der Waals surface area contributed by atoms with Crippen LogP contribution >= 0.6 is 11.8 Å².